The summed E-state index contributed by atoms with van der Waals surface area (Å²) in [7, 11) is -0.804. The lowest BCUT2D eigenvalue weighted by Crippen LogP contribution is -2.10. The summed E-state index contributed by atoms with van der Waals surface area (Å²) in [5.74, 6) is 0.325. The van der Waals surface area contributed by atoms with E-state index in [4.69, 9.17) is 4.74 Å². The van der Waals surface area contributed by atoms with Crippen molar-refractivity contribution >= 4 is 33.2 Å². The second kappa shape index (κ2) is 7.39. The molecule has 0 saturated heterocycles. The second-order valence-corrected chi connectivity index (χ2v) is 5.74. The van der Waals surface area contributed by atoms with Crippen LogP contribution in [0.4, 0.5) is 5.13 Å². The number of carbonyl (C=O) groups is 1. The monoisotopic (exact) mass is 276 g/mol. The van der Waals surface area contributed by atoms with Crippen molar-refractivity contribution in [2.24, 2.45) is 0 Å². The van der Waals surface area contributed by atoms with Crippen molar-refractivity contribution in [3.8, 4) is 0 Å². The minimum absolute atomic E-state index is 0.200. The molecule has 0 fully saturated rings. The average Bonchev–Trinajstić information content (AvgIpc) is 2.65. The molecule has 1 unspecified atom stereocenters. The van der Waals surface area contributed by atoms with E-state index in [0.717, 1.165) is 5.13 Å². The summed E-state index contributed by atoms with van der Waals surface area (Å²) in [5, 5.41) is 5.63. The molecule has 0 saturated carbocycles. The van der Waals surface area contributed by atoms with Gasteiger partial charge in [0.15, 0.2) is 5.13 Å². The molecular formula is C10H16N2O3S2. The van der Waals surface area contributed by atoms with E-state index >= 15 is 0 Å². The predicted octanol–water partition coefficient (Wildman–Crippen LogP) is 1.04. The summed E-state index contributed by atoms with van der Waals surface area (Å²) in [6.45, 7) is 2.78. The van der Waals surface area contributed by atoms with Crippen LogP contribution in [0.2, 0.25) is 0 Å². The van der Waals surface area contributed by atoms with Crippen molar-refractivity contribution in [2.45, 2.75) is 13.3 Å². The highest BCUT2D eigenvalue weighted by Gasteiger charge is 2.07. The number of hydrogen-bond donors (Lipinski definition) is 1. The van der Waals surface area contributed by atoms with E-state index < -0.39 is 10.8 Å². The van der Waals surface area contributed by atoms with E-state index in [9.17, 15) is 9.00 Å². The molecule has 0 amide bonds. The number of hydrogen-bond acceptors (Lipinski definition) is 6. The number of ether oxygens (including phenoxy) is 1. The average molecular weight is 276 g/mol. The molecule has 1 aromatic heterocycles. The molecule has 96 valence electrons. The van der Waals surface area contributed by atoms with Crippen LogP contribution in [0.1, 0.15) is 12.6 Å². The summed E-state index contributed by atoms with van der Waals surface area (Å²) >= 11 is 1.43. The molecular weight excluding hydrogens is 260 g/mol. The lowest BCUT2D eigenvalue weighted by atomic mass is 10.3. The fourth-order valence-corrected chi connectivity index (χ4v) is 2.26. The topological polar surface area (TPSA) is 68.3 Å². The van der Waals surface area contributed by atoms with Gasteiger partial charge in [-0.1, -0.05) is 0 Å². The van der Waals surface area contributed by atoms with Gasteiger partial charge in [-0.25, -0.2) is 4.98 Å². The first-order valence-corrected chi connectivity index (χ1v) is 7.86. The van der Waals surface area contributed by atoms with Crippen LogP contribution in [0.3, 0.4) is 0 Å². The zero-order valence-corrected chi connectivity index (χ0v) is 11.5. The molecule has 0 aromatic carbocycles. The molecule has 1 rings (SSSR count). The largest absolute Gasteiger partial charge is 0.466 e. The third-order valence-electron chi connectivity index (χ3n) is 1.85. The predicted molar refractivity (Wildman–Crippen MR) is 69.9 cm³/mol. The van der Waals surface area contributed by atoms with Gasteiger partial charge in [-0.2, -0.15) is 0 Å². The van der Waals surface area contributed by atoms with Crippen LogP contribution in [0.25, 0.3) is 0 Å². The SMILES string of the molecule is CCOC(=O)Cc1csc(NCCS(C)=O)n1. The van der Waals surface area contributed by atoms with Crippen molar-refractivity contribution in [3.63, 3.8) is 0 Å². The number of nitrogens with zero attached hydrogens (tertiary/aromatic N) is 1. The van der Waals surface area contributed by atoms with E-state index in [1.165, 1.54) is 11.3 Å². The van der Waals surface area contributed by atoms with Crippen molar-refractivity contribution in [1.82, 2.24) is 4.98 Å². The van der Waals surface area contributed by atoms with Crippen LogP contribution >= 0.6 is 11.3 Å². The molecule has 0 bridgehead atoms. The van der Waals surface area contributed by atoms with E-state index in [-0.39, 0.29) is 12.4 Å². The maximum Gasteiger partial charge on any atom is 0.311 e. The molecule has 5 nitrogen and oxygen atoms in total. The minimum Gasteiger partial charge on any atom is -0.466 e. The molecule has 0 spiro atoms. The lowest BCUT2D eigenvalue weighted by Gasteiger charge is -2.00. The molecule has 1 N–H and O–H groups in total. The van der Waals surface area contributed by atoms with Gasteiger partial charge in [0, 0.05) is 34.7 Å². The van der Waals surface area contributed by atoms with Crippen LogP contribution in [0.5, 0.6) is 0 Å². The van der Waals surface area contributed by atoms with Gasteiger partial charge in [0.2, 0.25) is 0 Å². The lowest BCUT2D eigenvalue weighted by molar-refractivity contribution is -0.142. The zero-order valence-electron chi connectivity index (χ0n) is 9.89. The Hall–Kier alpha value is -0.950. The molecule has 0 aliphatic carbocycles. The third kappa shape index (κ3) is 5.78. The molecule has 1 aromatic rings. The molecule has 0 aliphatic rings. The second-order valence-electron chi connectivity index (χ2n) is 3.33. The van der Waals surface area contributed by atoms with Crippen LogP contribution in [-0.2, 0) is 26.8 Å². The number of aromatic nitrogens is 1. The van der Waals surface area contributed by atoms with Gasteiger partial charge < -0.3 is 10.1 Å². The standard InChI is InChI=1S/C10H16N2O3S2/c1-3-15-9(13)6-8-7-16-10(12-8)11-4-5-17(2)14/h7H,3-6H2,1-2H3,(H,11,12). The fourth-order valence-electron chi connectivity index (χ4n) is 1.13. The molecule has 0 radical (unpaired) electrons. The number of carbonyl (C=O) groups excluding carboxylic acids is 1. The zero-order chi connectivity index (χ0) is 12.7. The van der Waals surface area contributed by atoms with Gasteiger partial charge in [-0.05, 0) is 6.92 Å². The first kappa shape index (κ1) is 14.1. The maximum absolute atomic E-state index is 11.2. The van der Waals surface area contributed by atoms with Crippen LogP contribution in [0.15, 0.2) is 5.38 Å². The number of thiazole rings is 1. The van der Waals surface area contributed by atoms with Gasteiger partial charge in [-0.15, -0.1) is 11.3 Å². The van der Waals surface area contributed by atoms with Gasteiger partial charge in [0.05, 0.1) is 18.7 Å². The normalized spacial score (nSPS) is 12.1. The summed E-state index contributed by atoms with van der Waals surface area (Å²) < 4.78 is 15.7. The highest BCUT2D eigenvalue weighted by atomic mass is 32.2. The molecule has 7 heteroatoms. The minimum atomic E-state index is -0.804. The number of esters is 1. The Labute approximate surface area is 107 Å². The van der Waals surface area contributed by atoms with Crippen molar-refractivity contribution in [1.29, 1.82) is 0 Å². The van der Waals surface area contributed by atoms with E-state index in [1.54, 1.807) is 13.2 Å². The van der Waals surface area contributed by atoms with Crippen LogP contribution in [0, 0.1) is 0 Å². The summed E-state index contributed by atoms with van der Waals surface area (Å²) in [6.07, 6.45) is 1.86. The Bertz CT molecular complexity index is 393. The Balaban J connectivity index is 2.37. The smallest absolute Gasteiger partial charge is 0.311 e. The third-order valence-corrected chi connectivity index (χ3v) is 3.48. The Morgan fingerprint density at radius 3 is 3.06 bits per heavy atom. The Kier molecular flexibility index (Phi) is 6.13. The Morgan fingerprint density at radius 2 is 2.41 bits per heavy atom. The molecule has 1 atom stereocenters. The first-order valence-electron chi connectivity index (χ1n) is 5.25. The maximum atomic E-state index is 11.2. The van der Waals surface area contributed by atoms with Gasteiger partial charge in [-0.3, -0.25) is 9.00 Å². The van der Waals surface area contributed by atoms with Gasteiger partial charge in [0.25, 0.3) is 0 Å². The van der Waals surface area contributed by atoms with Gasteiger partial charge >= 0.3 is 5.97 Å². The summed E-state index contributed by atoms with van der Waals surface area (Å²) in [4.78, 5) is 15.4. The first-order chi connectivity index (χ1) is 8.11. The fraction of sp³-hybridized carbons (Fsp3) is 0.600. The number of rotatable bonds is 7. The van der Waals surface area contributed by atoms with E-state index in [0.29, 0.717) is 24.6 Å². The Morgan fingerprint density at radius 1 is 1.65 bits per heavy atom. The van der Waals surface area contributed by atoms with E-state index in [1.807, 2.05) is 5.38 Å². The molecule has 0 aliphatic heterocycles. The highest BCUT2D eigenvalue weighted by molar-refractivity contribution is 7.84. The summed E-state index contributed by atoms with van der Waals surface area (Å²) in [6, 6.07) is 0. The van der Waals surface area contributed by atoms with Crippen molar-refractivity contribution in [3.05, 3.63) is 11.1 Å². The molecule has 1 heterocycles. The molecule has 17 heavy (non-hydrogen) atoms. The van der Waals surface area contributed by atoms with Crippen LogP contribution < -0.4 is 5.32 Å². The highest BCUT2D eigenvalue weighted by Crippen LogP contribution is 2.15. The quantitative estimate of drug-likeness (QED) is 0.754. The van der Waals surface area contributed by atoms with Gasteiger partial charge in [0.1, 0.15) is 0 Å². The summed E-state index contributed by atoms with van der Waals surface area (Å²) in [5.41, 5.74) is 0.702. The van der Waals surface area contributed by atoms with Crippen molar-refractivity contribution < 1.29 is 13.7 Å². The van der Waals surface area contributed by atoms with Crippen LogP contribution in [-0.4, -0.2) is 40.3 Å². The number of anilines is 1. The van der Waals surface area contributed by atoms with Crippen molar-refractivity contribution in [2.75, 3.05) is 30.5 Å². The number of nitrogens with one attached hydrogen (secondary N) is 1. The van der Waals surface area contributed by atoms with E-state index in [2.05, 4.69) is 10.3 Å².